The van der Waals surface area contributed by atoms with Crippen LogP contribution in [0.1, 0.15) is 0 Å². The first-order valence-electron chi connectivity index (χ1n) is 6.15. The lowest BCUT2D eigenvalue weighted by Gasteiger charge is -2.36. The highest BCUT2D eigenvalue weighted by molar-refractivity contribution is 9.10. The summed E-state index contributed by atoms with van der Waals surface area (Å²) in [6.45, 7) is 3.26. The standard InChI is InChI=1S/C13H16BrFN2O2.ClH/c1-17(4-6-19-7-5-17)9-13(18)16-12-3-2-10(14)8-11(12)15;/h2-3,8H,4-7,9H2,1H3;1H. The van der Waals surface area contributed by atoms with E-state index in [1.165, 1.54) is 6.07 Å². The summed E-state index contributed by atoms with van der Waals surface area (Å²) >= 11 is 3.18. The van der Waals surface area contributed by atoms with Crippen LogP contribution in [0.25, 0.3) is 0 Å². The van der Waals surface area contributed by atoms with Crippen LogP contribution in [0.2, 0.25) is 0 Å². The van der Waals surface area contributed by atoms with Gasteiger partial charge in [-0.1, -0.05) is 15.9 Å². The SMILES string of the molecule is C[N+]1(CC(=O)Nc2ccc(Br)cc2F)CCOCC1.[Cl-]. The molecule has 4 nitrogen and oxygen atoms in total. The number of carbonyl (C=O) groups excluding carboxylic acids is 1. The number of amides is 1. The van der Waals surface area contributed by atoms with Gasteiger partial charge in [-0.2, -0.15) is 0 Å². The highest BCUT2D eigenvalue weighted by atomic mass is 79.9. The zero-order chi connectivity index (χ0) is 13.9. The molecular weight excluding hydrogens is 351 g/mol. The molecule has 0 atom stereocenters. The van der Waals surface area contributed by atoms with Crippen molar-refractivity contribution >= 4 is 27.5 Å². The van der Waals surface area contributed by atoms with Gasteiger partial charge in [-0.25, -0.2) is 4.39 Å². The highest BCUT2D eigenvalue weighted by Gasteiger charge is 2.28. The summed E-state index contributed by atoms with van der Waals surface area (Å²) in [7, 11) is 2.01. The van der Waals surface area contributed by atoms with Crippen molar-refractivity contribution in [3.8, 4) is 0 Å². The van der Waals surface area contributed by atoms with Crippen LogP contribution in [-0.2, 0) is 9.53 Å². The van der Waals surface area contributed by atoms with E-state index in [0.29, 0.717) is 28.7 Å². The van der Waals surface area contributed by atoms with Gasteiger partial charge in [0.25, 0.3) is 5.91 Å². The van der Waals surface area contributed by atoms with E-state index < -0.39 is 5.82 Å². The molecule has 0 aromatic heterocycles. The maximum absolute atomic E-state index is 13.6. The molecule has 1 heterocycles. The first-order chi connectivity index (χ1) is 8.98. The number of morpholine rings is 1. The van der Waals surface area contributed by atoms with Gasteiger partial charge in [0.1, 0.15) is 18.9 Å². The molecule has 20 heavy (non-hydrogen) atoms. The number of likely N-dealkylation sites (N-methyl/N-ethyl adjacent to an activating group) is 1. The fourth-order valence-corrected chi connectivity index (χ4v) is 2.40. The molecule has 1 fully saturated rings. The van der Waals surface area contributed by atoms with E-state index in [9.17, 15) is 9.18 Å². The number of benzene rings is 1. The van der Waals surface area contributed by atoms with Gasteiger partial charge in [0, 0.05) is 4.47 Å². The monoisotopic (exact) mass is 366 g/mol. The Balaban J connectivity index is 0.00000200. The predicted molar refractivity (Wildman–Crippen MR) is 74.3 cm³/mol. The van der Waals surface area contributed by atoms with Gasteiger partial charge in [0.05, 0.1) is 25.9 Å². The van der Waals surface area contributed by atoms with E-state index in [4.69, 9.17) is 4.74 Å². The van der Waals surface area contributed by atoms with Crippen LogP contribution in [0.5, 0.6) is 0 Å². The Bertz CT molecular complexity index is 481. The molecule has 0 aliphatic carbocycles. The van der Waals surface area contributed by atoms with Gasteiger partial charge >= 0.3 is 0 Å². The number of hydrogen-bond donors (Lipinski definition) is 1. The number of hydrogen-bond acceptors (Lipinski definition) is 2. The first kappa shape index (κ1) is 17.4. The van der Waals surface area contributed by atoms with Gasteiger partial charge in [0.15, 0.2) is 6.54 Å². The summed E-state index contributed by atoms with van der Waals surface area (Å²) in [4.78, 5) is 12.0. The van der Waals surface area contributed by atoms with Crippen molar-refractivity contribution in [2.24, 2.45) is 0 Å². The molecule has 0 radical (unpaired) electrons. The molecule has 1 aliphatic heterocycles. The quantitative estimate of drug-likeness (QED) is 0.697. The van der Waals surface area contributed by atoms with Crippen molar-refractivity contribution in [1.82, 2.24) is 0 Å². The average Bonchev–Trinajstić information content (AvgIpc) is 2.33. The third kappa shape index (κ3) is 4.70. The number of nitrogens with one attached hydrogen (secondary N) is 1. The molecule has 1 aromatic rings. The van der Waals surface area contributed by atoms with Crippen LogP contribution in [-0.4, -0.2) is 50.3 Å². The fraction of sp³-hybridized carbons (Fsp3) is 0.462. The van der Waals surface area contributed by atoms with E-state index >= 15 is 0 Å². The van der Waals surface area contributed by atoms with Crippen molar-refractivity contribution in [2.75, 3.05) is 45.2 Å². The molecule has 1 amide bonds. The molecular formula is C13H17BrClFN2O2. The number of nitrogens with zero attached hydrogens (tertiary/aromatic N) is 1. The lowest BCUT2D eigenvalue weighted by molar-refractivity contribution is -0.909. The van der Waals surface area contributed by atoms with Crippen LogP contribution in [0.15, 0.2) is 22.7 Å². The summed E-state index contributed by atoms with van der Waals surface area (Å²) in [5.74, 6) is -0.613. The lowest BCUT2D eigenvalue weighted by atomic mass is 10.3. The van der Waals surface area contributed by atoms with Crippen LogP contribution in [0, 0.1) is 5.82 Å². The van der Waals surface area contributed by atoms with Gasteiger partial charge in [0.2, 0.25) is 0 Å². The van der Waals surface area contributed by atoms with E-state index in [-0.39, 0.29) is 24.0 Å². The third-order valence-electron chi connectivity index (χ3n) is 3.28. The van der Waals surface area contributed by atoms with Crippen LogP contribution < -0.4 is 17.7 Å². The number of anilines is 1. The van der Waals surface area contributed by atoms with E-state index in [1.54, 1.807) is 12.1 Å². The van der Waals surface area contributed by atoms with Crippen LogP contribution in [0.4, 0.5) is 10.1 Å². The minimum absolute atomic E-state index is 0. The number of quaternary nitrogens is 1. The van der Waals surface area contributed by atoms with E-state index in [0.717, 1.165) is 13.1 Å². The zero-order valence-electron chi connectivity index (χ0n) is 11.2. The molecule has 1 aliphatic rings. The number of halogens is 3. The van der Waals surface area contributed by atoms with Crippen molar-refractivity contribution < 1.29 is 30.8 Å². The lowest BCUT2D eigenvalue weighted by Crippen LogP contribution is -3.00. The van der Waals surface area contributed by atoms with Gasteiger partial charge in [-0.15, -0.1) is 0 Å². The Morgan fingerprint density at radius 1 is 1.45 bits per heavy atom. The zero-order valence-corrected chi connectivity index (χ0v) is 13.5. The molecule has 0 unspecified atom stereocenters. The van der Waals surface area contributed by atoms with Crippen LogP contribution in [0.3, 0.4) is 0 Å². The second-order valence-electron chi connectivity index (χ2n) is 5.01. The number of ether oxygens (including phenoxy) is 1. The molecule has 1 aromatic carbocycles. The third-order valence-corrected chi connectivity index (χ3v) is 3.77. The Kier molecular flexibility index (Phi) is 6.39. The van der Waals surface area contributed by atoms with Crippen molar-refractivity contribution in [2.45, 2.75) is 0 Å². The van der Waals surface area contributed by atoms with Gasteiger partial charge in [-0.05, 0) is 18.2 Å². The summed E-state index contributed by atoms with van der Waals surface area (Å²) in [5.41, 5.74) is 0.216. The van der Waals surface area contributed by atoms with Crippen molar-refractivity contribution in [1.29, 1.82) is 0 Å². The van der Waals surface area contributed by atoms with Gasteiger partial charge < -0.3 is 26.9 Å². The smallest absolute Gasteiger partial charge is 0.279 e. The average molecular weight is 368 g/mol. The predicted octanol–water partition coefficient (Wildman–Crippen LogP) is -0.992. The molecule has 0 saturated carbocycles. The molecule has 0 spiro atoms. The summed E-state index contributed by atoms with van der Waals surface area (Å²) in [5, 5.41) is 2.62. The summed E-state index contributed by atoms with van der Waals surface area (Å²) in [6, 6.07) is 4.58. The Labute approximate surface area is 132 Å². The molecule has 2 rings (SSSR count). The van der Waals surface area contributed by atoms with Crippen molar-refractivity contribution in [3.05, 3.63) is 28.5 Å². The summed E-state index contributed by atoms with van der Waals surface area (Å²) in [6.07, 6.45) is 0. The molecule has 7 heteroatoms. The Morgan fingerprint density at radius 2 is 2.10 bits per heavy atom. The minimum Gasteiger partial charge on any atom is -1.00 e. The molecule has 1 N–H and O–H groups in total. The van der Waals surface area contributed by atoms with Crippen LogP contribution >= 0.6 is 15.9 Å². The second-order valence-corrected chi connectivity index (χ2v) is 5.93. The van der Waals surface area contributed by atoms with E-state index in [1.807, 2.05) is 7.05 Å². The second kappa shape index (κ2) is 7.36. The molecule has 1 saturated heterocycles. The number of rotatable bonds is 3. The normalized spacial score (nSPS) is 17.1. The number of carbonyl (C=O) groups is 1. The first-order valence-corrected chi connectivity index (χ1v) is 6.94. The maximum Gasteiger partial charge on any atom is 0.279 e. The van der Waals surface area contributed by atoms with E-state index in [2.05, 4.69) is 21.2 Å². The Hall–Kier alpha value is -0.690. The molecule has 112 valence electrons. The highest BCUT2D eigenvalue weighted by Crippen LogP contribution is 2.19. The molecule has 0 bridgehead atoms. The topological polar surface area (TPSA) is 38.3 Å². The Morgan fingerprint density at radius 3 is 2.70 bits per heavy atom. The van der Waals surface area contributed by atoms with Crippen molar-refractivity contribution in [3.63, 3.8) is 0 Å². The summed E-state index contributed by atoms with van der Waals surface area (Å²) < 4.78 is 20.2. The fourth-order valence-electron chi connectivity index (χ4n) is 2.07. The van der Waals surface area contributed by atoms with Gasteiger partial charge in [-0.3, -0.25) is 4.79 Å². The largest absolute Gasteiger partial charge is 1.00 e. The maximum atomic E-state index is 13.6. The minimum atomic E-state index is -0.438.